The number of nitrogens with two attached hydrogens (primary N) is 1. The largest absolute Gasteiger partial charge is 0.465 e. The van der Waals surface area contributed by atoms with Crippen LogP contribution in [0.2, 0.25) is 0 Å². The number of ether oxygens (including phenoxy) is 2. The Morgan fingerprint density at radius 2 is 2.08 bits per heavy atom. The van der Waals surface area contributed by atoms with Crippen LogP contribution in [0, 0.1) is 5.92 Å². The zero-order valence-corrected chi connectivity index (χ0v) is 22.5. The van der Waals surface area contributed by atoms with Gasteiger partial charge in [-0.2, -0.15) is 15.1 Å². The first-order valence-corrected chi connectivity index (χ1v) is 13.7. The minimum atomic E-state index is -4.22. The average Bonchev–Trinajstić information content (AvgIpc) is 3.47. The molecule has 2 aromatic heterocycles. The van der Waals surface area contributed by atoms with Crippen molar-refractivity contribution in [3.63, 3.8) is 0 Å². The number of aliphatic hydroxyl groups is 1. The number of halogens is 1. The molecule has 0 aliphatic carbocycles. The van der Waals surface area contributed by atoms with Gasteiger partial charge in [-0.1, -0.05) is 18.2 Å². The maximum atomic E-state index is 14.2. The van der Waals surface area contributed by atoms with Crippen LogP contribution in [-0.2, 0) is 23.4 Å². The third-order valence-corrected chi connectivity index (χ3v) is 7.64. The number of alkyl halides is 1. The highest BCUT2D eigenvalue weighted by Crippen LogP contribution is 2.46. The summed E-state index contributed by atoms with van der Waals surface area (Å²) >= 11 is 0. The lowest BCUT2D eigenvalue weighted by atomic mass is 10.0. The minimum Gasteiger partial charge on any atom is -0.465 e. The minimum absolute atomic E-state index is 0.0374. The van der Waals surface area contributed by atoms with Crippen LogP contribution in [0.15, 0.2) is 36.7 Å². The number of nitrogens with zero attached hydrogens (tertiary/aromatic N) is 4. The first-order valence-electron chi connectivity index (χ1n) is 12.2. The molecule has 0 spiro atoms. The number of rotatable bonds is 12. The summed E-state index contributed by atoms with van der Waals surface area (Å²) in [5, 5.41) is 16.3. The average molecular weight is 568 g/mol. The van der Waals surface area contributed by atoms with E-state index in [2.05, 4.69) is 25.4 Å². The second-order valence-electron chi connectivity index (χ2n) is 8.68. The highest BCUT2D eigenvalue weighted by molar-refractivity contribution is 7.52. The van der Waals surface area contributed by atoms with Crippen molar-refractivity contribution in [1.29, 1.82) is 0 Å². The van der Waals surface area contributed by atoms with Crippen LogP contribution in [0.5, 0.6) is 5.75 Å². The van der Waals surface area contributed by atoms with Gasteiger partial charge in [-0.3, -0.25) is 18.3 Å². The monoisotopic (exact) mass is 567 g/mol. The molecule has 1 aliphatic heterocycles. The van der Waals surface area contributed by atoms with Crippen molar-refractivity contribution in [2.75, 3.05) is 38.0 Å². The Kier molecular flexibility index (Phi) is 8.97. The summed E-state index contributed by atoms with van der Waals surface area (Å²) in [7, 11) is -2.58. The van der Waals surface area contributed by atoms with Gasteiger partial charge in [0.05, 0.1) is 38.2 Å². The second-order valence-corrected chi connectivity index (χ2v) is 10.4. The normalized spacial score (nSPS) is 23.3. The third-order valence-electron chi connectivity index (χ3n) is 6.00. The van der Waals surface area contributed by atoms with E-state index < -0.39 is 57.4 Å². The fourth-order valence-corrected chi connectivity index (χ4v) is 5.62. The van der Waals surface area contributed by atoms with E-state index in [1.807, 2.05) is 0 Å². The SMILES string of the molecule is CCOC(=O)[C@@H](C)N[P@](=O)(OC[C@H]1O[C@@H](n2cnc3c(NC)nc(N)nc32)[C@@H](CF)[C@@H]1O)Oc1ccccc1. The Bertz CT molecular complexity index is 1330. The zero-order valence-electron chi connectivity index (χ0n) is 21.6. The fourth-order valence-electron chi connectivity index (χ4n) is 4.11. The van der Waals surface area contributed by atoms with E-state index in [0.717, 1.165) is 0 Å². The first kappa shape index (κ1) is 28.6. The molecule has 0 unspecified atom stereocenters. The van der Waals surface area contributed by atoms with Gasteiger partial charge in [0.1, 0.15) is 24.1 Å². The lowest BCUT2D eigenvalue weighted by Gasteiger charge is -2.24. The number of aliphatic hydroxyl groups excluding tert-OH is 1. The molecule has 3 aromatic rings. The predicted octanol–water partition coefficient (Wildman–Crippen LogP) is 2.04. The molecule has 0 bridgehead atoms. The van der Waals surface area contributed by atoms with Gasteiger partial charge in [-0.05, 0) is 26.0 Å². The summed E-state index contributed by atoms with van der Waals surface area (Å²) in [6.45, 7) is 1.79. The molecule has 1 aromatic carbocycles. The molecule has 0 radical (unpaired) electrons. The van der Waals surface area contributed by atoms with E-state index in [4.69, 9.17) is 24.3 Å². The van der Waals surface area contributed by atoms with E-state index >= 15 is 0 Å². The number of nitrogens with one attached hydrogen (secondary N) is 2. The number of aromatic nitrogens is 4. The van der Waals surface area contributed by atoms with Crippen molar-refractivity contribution in [2.45, 2.75) is 38.3 Å². The zero-order chi connectivity index (χ0) is 28.2. The van der Waals surface area contributed by atoms with Gasteiger partial charge < -0.3 is 30.2 Å². The van der Waals surface area contributed by atoms with Gasteiger partial charge in [0, 0.05) is 7.05 Å². The molecule has 1 aliphatic rings. The lowest BCUT2D eigenvalue weighted by molar-refractivity contribution is -0.144. The van der Waals surface area contributed by atoms with Gasteiger partial charge in [0.15, 0.2) is 17.0 Å². The van der Waals surface area contributed by atoms with Crippen molar-refractivity contribution in [3.05, 3.63) is 36.7 Å². The van der Waals surface area contributed by atoms with Crippen molar-refractivity contribution >= 4 is 36.6 Å². The highest BCUT2D eigenvalue weighted by atomic mass is 31.2. The molecule has 3 heterocycles. The maximum Gasteiger partial charge on any atom is 0.459 e. The molecule has 16 heteroatoms. The Hall–Kier alpha value is -3.36. The van der Waals surface area contributed by atoms with Crippen LogP contribution < -0.4 is 20.7 Å². The van der Waals surface area contributed by atoms with Gasteiger partial charge in [0.2, 0.25) is 5.95 Å². The van der Waals surface area contributed by atoms with Crippen LogP contribution in [-0.4, -0.2) is 75.8 Å². The highest BCUT2D eigenvalue weighted by Gasteiger charge is 2.47. The summed E-state index contributed by atoms with van der Waals surface area (Å²) in [4.78, 5) is 24.7. The molecule has 6 atom stereocenters. The molecule has 1 saturated heterocycles. The number of hydrogen-bond acceptors (Lipinski definition) is 12. The molecule has 39 heavy (non-hydrogen) atoms. The van der Waals surface area contributed by atoms with Gasteiger partial charge in [-0.25, -0.2) is 9.55 Å². The summed E-state index contributed by atoms with van der Waals surface area (Å²) in [6.07, 6.45) is -2.13. The number of carbonyl (C=O) groups excluding carboxylic acids is 1. The van der Waals surface area contributed by atoms with E-state index in [0.29, 0.717) is 11.3 Å². The number of carbonyl (C=O) groups is 1. The van der Waals surface area contributed by atoms with Crippen molar-refractivity contribution < 1.29 is 37.4 Å². The smallest absolute Gasteiger partial charge is 0.459 e. The predicted molar refractivity (Wildman–Crippen MR) is 139 cm³/mol. The summed E-state index contributed by atoms with van der Waals surface area (Å²) in [5.74, 6) is -1.16. The number of fused-ring (bicyclic) bond motifs is 1. The number of nitrogen functional groups attached to an aromatic ring is 1. The Morgan fingerprint density at radius 1 is 1.33 bits per heavy atom. The van der Waals surface area contributed by atoms with Crippen LogP contribution >= 0.6 is 7.75 Å². The Labute approximate surface area is 223 Å². The number of para-hydroxylation sites is 1. The second kappa shape index (κ2) is 12.2. The number of hydrogen-bond donors (Lipinski definition) is 4. The van der Waals surface area contributed by atoms with Gasteiger partial charge in [0.25, 0.3) is 0 Å². The number of benzene rings is 1. The third kappa shape index (κ3) is 6.28. The summed E-state index contributed by atoms with van der Waals surface area (Å²) < 4.78 is 51.4. The molecule has 5 N–H and O–H groups in total. The van der Waals surface area contributed by atoms with E-state index in [1.165, 1.54) is 17.8 Å². The van der Waals surface area contributed by atoms with Crippen LogP contribution in [0.1, 0.15) is 20.1 Å². The van der Waals surface area contributed by atoms with Crippen molar-refractivity contribution in [1.82, 2.24) is 24.6 Å². The molecular formula is C23H31FN7O7P. The van der Waals surface area contributed by atoms with E-state index in [1.54, 1.807) is 44.3 Å². The molecule has 14 nitrogen and oxygen atoms in total. The van der Waals surface area contributed by atoms with Crippen LogP contribution in [0.3, 0.4) is 0 Å². The topological polar surface area (TPSA) is 185 Å². The van der Waals surface area contributed by atoms with Gasteiger partial charge in [-0.15, -0.1) is 0 Å². The number of anilines is 2. The first-order chi connectivity index (χ1) is 18.7. The standard InChI is InChI=1S/C23H31FN7O7P/c1-4-35-22(33)13(2)30-39(34,38-14-8-6-5-7-9-14)36-11-16-18(32)15(10-24)21(37-16)31-12-27-17-19(26-3)28-23(25)29-20(17)31/h5-9,12-13,15-16,18,21,32H,4,10-11H2,1-3H3,(H,30,34)(H3,25,26,28,29)/t13-,15+,16-,18+,21-,39+/m1/s1. The molecule has 1 fully saturated rings. The van der Waals surface area contributed by atoms with Crippen LogP contribution in [0.25, 0.3) is 11.2 Å². The van der Waals surface area contributed by atoms with Crippen molar-refractivity contribution in [2.24, 2.45) is 5.92 Å². The number of imidazole rings is 1. The lowest BCUT2D eigenvalue weighted by Crippen LogP contribution is -2.37. The molecule has 0 amide bonds. The van der Waals surface area contributed by atoms with Crippen molar-refractivity contribution in [3.8, 4) is 5.75 Å². The Morgan fingerprint density at radius 3 is 2.74 bits per heavy atom. The summed E-state index contributed by atoms with van der Waals surface area (Å²) in [6, 6.07) is 7.13. The molecule has 4 rings (SSSR count). The molecule has 0 saturated carbocycles. The summed E-state index contributed by atoms with van der Waals surface area (Å²) in [5.41, 5.74) is 6.46. The quantitative estimate of drug-likeness (QED) is 0.184. The van der Waals surface area contributed by atoms with E-state index in [9.17, 15) is 18.9 Å². The van der Waals surface area contributed by atoms with Crippen LogP contribution in [0.4, 0.5) is 16.2 Å². The molecule has 212 valence electrons. The number of esters is 1. The maximum absolute atomic E-state index is 14.2. The van der Waals surface area contributed by atoms with Gasteiger partial charge >= 0.3 is 13.7 Å². The fraction of sp³-hybridized carbons (Fsp3) is 0.478. The molecular weight excluding hydrogens is 536 g/mol. The Balaban J connectivity index is 1.55. The van der Waals surface area contributed by atoms with E-state index in [-0.39, 0.29) is 24.0 Å².